The molecule has 0 saturated heterocycles. The van der Waals surface area contributed by atoms with Gasteiger partial charge in [-0.25, -0.2) is 4.98 Å². The molecule has 1 fully saturated rings. The van der Waals surface area contributed by atoms with Gasteiger partial charge in [0.2, 0.25) is 5.91 Å². The standard InChI is InChI=1S/C21H27N3O2/c1-15(2)26-19-11-8-17(9-12-19)23-18-10-13-20(22-14-18)24-21(25)16-6-4-3-5-7-16/h8-16,23H,3-7H2,1-2H3,(H,22,24,25). The first-order valence-electron chi connectivity index (χ1n) is 9.41. The zero-order valence-corrected chi connectivity index (χ0v) is 15.5. The van der Waals surface area contributed by atoms with Gasteiger partial charge in [0.1, 0.15) is 11.6 Å². The first-order chi connectivity index (χ1) is 12.6. The largest absolute Gasteiger partial charge is 0.491 e. The average molecular weight is 353 g/mol. The molecular formula is C21H27N3O2. The number of aromatic nitrogens is 1. The summed E-state index contributed by atoms with van der Waals surface area (Å²) in [5.41, 5.74) is 1.83. The Morgan fingerprint density at radius 3 is 2.35 bits per heavy atom. The monoisotopic (exact) mass is 353 g/mol. The van der Waals surface area contributed by atoms with Crippen molar-refractivity contribution < 1.29 is 9.53 Å². The van der Waals surface area contributed by atoms with Gasteiger partial charge in [-0.2, -0.15) is 0 Å². The Kier molecular flexibility index (Phi) is 6.10. The van der Waals surface area contributed by atoms with Gasteiger partial charge in [0.05, 0.1) is 18.0 Å². The molecule has 2 N–H and O–H groups in total. The Bertz CT molecular complexity index is 705. The molecule has 138 valence electrons. The second kappa shape index (κ2) is 8.70. The van der Waals surface area contributed by atoms with Gasteiger partial charge < -0.3 is 15.4 Å². The minimum atomic E-state index is 0.0960. The number of ether oxygens (including phenoxy) is 1. The normalized spacial score (nSPS) is 14.9. The van der Waals surface area contributed by atoms with Crippen molar-refractivity contribution in [1.82, 2.24) is 4.98 Å². The molecule has 1 aliphatic carbocycles. The van der Waals surface area contributed by atoms with E-state index in [4.69, 9.17) is 4.74 Å². The zero-order valence-electron chi connectivity index (χ0n) is 15.5. The SMILES string of the molecule is CC(C)Oc1ccc(Nc2ccc(NC(=O)C3CCCCC3)nc2)cc1. The van der Waals surface area contributed by atoms with Crippen molar-refractivity contribution in [1.29, 1.82) is 0 Å². The van der Waals surface area contributed by atoms with Gasteiger partial charge in [0, 0.05) is 11.6 Å². The number of nitrogens with zero attached hydrogens (tertiary/aromatic N) is 1. The molecule has 5 nitrogen and oxygen atoms in total. The van der Waals surface area contributed by atoms with Crippen LogP contribution in [0.5, 0.6) is 5.75 Å². The van der Waals surface area contributed by atoms with Crippen LogP contribution in [0.25, 0.3) is 0 Å². The van der Waals surface area contributed by atoms with E-state index in [1.54, 1.807) is 6.20 Å². The molecule has 1 aliphatic rings. The van der Waals surface area contributed by atoms with E-state index >= 15 is 0 Å². The van der Waals surface area contributed by atoms with Crippen LogP contribution in [0.3, 0.4) is 0 Å². The summed E-state index contributed by atoms with van der Waals surface area (Å²) in [6, 6.07) is 11.6. The van der Waals surface area contributed by atoms with Gasteiger partial charge in [0.25, 0.3) is 0 Å². The lowest BCUT2D eigenvalue weighted by Gasteiger charge is -2.20. The van der Waals surface area contributed by atoms with Crippen molar-refractivity contribution in [3.8, 4) is 5.75 Å². The second-order valence-electron chi connectivity index (χ2n) is 7.07. The summed E-state index contributed by atoms with van der Waals surface area (Å²) in [4.78, 5) is 16.6. The molecule has 1 aromatic heterocycles. The maximum Gasteiger partial charge on any atom is 0.228 e. The number of hydrogen-bond donors (Lipinski definition) is 2. The van der Waals surface area contributed by atoms with Crippen LogP contribution < -0.4 is 15.4 Å². The van der Waals surface area contributed by atoms with Crippen LogP contribution >= 0.6 is 0 Å². The summed E-state index contributed by atoms with van der Waals surface area (Å²) in [6.45, 7) is 4.01. The van der Waals surface area contributed by atoms with Crippen molar-refractivity contribution in [2.45, 2.75) is 52.1 Å². The summed E-state index contributed by atoms with van der Waals surface area (Å²) in [6.07, 6.45) is 7.41. The molecule has 1 heterocycles. The van der Waals surface area contributed by atoms with Crippen molar-refractivity contribution in [2.75, 3.05) is 10.6 Å². The van der Waals surface area contributed by atoms with Crippen molar-refractivity contribution >= 4 is 23.1 Å². The molecule has 0 radical (unpaired) electrons. The lowest BCUT2D eigenvalue weighted by atomic mass is 9.89. The molecule has 0 spiro atoms. The van der Waals surface area contributed by atoms with E-state index in [0.717, 1.165) is 42.8 Å². The fraction of sp³-hybridized carbons (Fsp3) is 0.429. The van der Waals surface area contributed by atoms with E-state index in [0.29, 0.717) is 5.82 Å². The number of amides is 1. The van der Waals surface area contributed by atoms with E-state index in [-0.39, 0.29) is 17.9 Å². The summed E-state index contributed by atoms with van der Waals surface area (Å²) in [5, 5.41) is 6.23. The fourth-order valence-electron chi connectivity index (χ4n) is 3.19. The first kappa shape index (κ1) is 18.2. The molecular weight excluding hydrogens is 326 g/mol. The van der Waals surface area contributed by atoms with Gasteiger partial charge >= 0.3 is 0 Å². The molecule has 0 bridgehead atoms. The Morgan fingerprint density at radius 1 is 1.04 bits per heavy atom. The van der Waals surface area contributed by atoms with E-state index in [1.165, 1.54) is 6.42 Å². The highest BCUT2D eigenvalue weighted by Crippen LogP contribution is 2.25. The lowest BCUT2D eigenvalue weighted by Crippen LogP contribution is -2.25. The number of carbonyl (C=O) groups excluding carboxylic acids is 1. The summed E-state index contributed by atoms with van der Waals surface area (Å²) in [5.74, 6) is 1.69. The molecule has 1 saturated carbocycles. The van der Waals surface area contributed by atoms with Gasteiger partial charge in [-0.3, -0.25) is 4.79 Å². The van der Waals surface area contributed by atoms with Crippen molar-refractivity contribution in [2.24, 2.45) is 5.92 Å². The number of hydrogen-bond acceptors (Lipinski definition) is 4. The summed E-state index contributed by atoms with van der Waals surface area (Å²) < 4.78 is 5.64. The summed E-state index contributed by atoms with van der Waals surface area (Å²) >= 11 is 0. The van der Waals surface area contributed by atoms with Crippen LogP contribution in [0.4, 0.5) is 17.2 Å². The highest BCUT2D eigenvalue weighted by Gasteiger charge is 2.21. The van der Waals surface area contributed by atoms with Crippen LogP contribution in [-0.4, -0.2) is 17.0 Å². The Balaban J connectivity index is 1.54. The quantitative estimate of drug-likeness (QED) is 0.755. The molecule has 2 aromatic rings. The molecule has 0 aliphatic heterocycles. The van der Waals surface area contributed by atoms with E-state index in [2.05, 4.69) is 15.6 Å². The third kappa shape index (κ3) is 5.22. The second-order valence-corrected chi connectivity index (χ2v) is 7.07. The molecule has 1 amide bonds. The van der Waals surface area contributed by atoms with Crippen LogP contribution in [0.2, 0.25) is 0 Å². The van der Waals surface area contributed by atoms with E-state index in [9.17, 15) is 4.79 Å². The number of nitrogens with one attached hydrogen (secondary N) is 2. The highest BCUT2D eigenvalue weighted by molar-refractivity contribution is 5.91. The third-order valence-corrected chi connectivity index (χ3v) is 4.51. The smallest absolute Gasteiger partial charge is 0.228 e. The van der Waals surface area contributed by atoms with Crippen LogP contribution in [0.15, 0.2) is 42.6 Å². The number of pyridine rings is 1. The number of rotatable bonds is 6. The Labute approximate surface area is 155 Å². The zero-order chi connectivity index (χ0) is 18.4. The number of anilines is 3. The van der Waals surface area contributed by atoms with E-state index < -0.39 is 0 Å². The Morgan fingerprint density at radius 2 is 1.73 bits per heavy atom. The molecule has 0 atom stereocenters. The van der Waals surface area contributed by atoms with Crippen LogP contribution in [0, 0.1) is 5.92 Å². The van der Waals surface area contributed by atoms with E-state index in [1.807, 2.05) is 50.2 Å². The fourth-order valence-corrected chi connectivity index (χ4v) is 3.19. The third-order valence-electron chi connectivity index (χ3n) is 4.51. The number of benzene rings is 1. The minimum absolute atomic E-state index is 0.0960. The highest BCUT2D eigenvalue weighted by atomic mass is 16.5. The van der Waals surface area contributed by atoms with Gasteiger partial charge in [0.15, 0.2) is 0 Å². The van der Waals surface area contributed by atoms with Crippen LogP contribution in [0.1, 0.15) is 46.0 Å². The minimum Gasteiger partial charge on any atom is -0.491 e. The van der Waals surface area contributed by atoms with Gasteiger partial charge in [-0.15, -0.1) is 0 Å². The molecule has 3 rings (SSSR count). The van der Waals surface area contributed by atoms with Crippen molar-refractivity contribution in [3.63, 3.8) is 0 Å². The maximum atomic E-state index is 12.3. The average Bonchev–Trinajstić information content (AvgIpc) is 2.65. The summed E-state index contributed by atoms with van der Waals surface area (Å²) in [7, 11) is 0. The topological polar surface area (TPSA) is 63.2 Å². The predicted molar refractivity (Wildman–Crippen MR) is 105 cm³/mol. The lowest BCUT2D eigenvalue weighted by molar-refractivity contribution is -0.120. The van der Waals surface area contributed by atoms with Crippen LogP contribution in [-0.2, 0) is 4.79 Å². The van der Waals surface area contributed by atoms with Gasteiger partial charge in [-0.1, -0.05) is 19.3 Å². The molecule has 0 unspecified atom stereocenters. The van der Waals surface area contributed by atoms with Crippen molar-refractivity contribution in [3.05, 3.63) is 42.6 Å². The maximum absolute atomic E-state index is 12.3. The predicted octanol–water partition coefficient (Wildman–Crippen LogP) is 5.13. The molecule has 26 heavy (non-hydrogen) atoms. The molecule has 5 heteroatoms. The van der Waals surface area contributed by atoms with Gasteiger partial charge in [-0.05, 0) is 63.1 Å². The first-order valence-corrected chi connectivity index (χ1v) is 9.41. The number of carbonyl (C=O) groups is 1. The Hall–Kier alpha value is -2.56. The molecule has 1 aromatic carbocycles.